The fraction of sp³-hybridized carbons (Fsp3) is 0.125. The van der Waals surface area contributed by atoms with E-state index < -0.39 is 11.9 Å². The minimum atomic E-state index is -0.666. The Balaban J connectivity index is 1.49. The first-order valence-corrected chi connectivity index (χ1v) is 9.46. The number of carbonyl (C=O) groups is 3. The van der Waals surface area contributed by atoms with Crippen molar-refractivity contribution in [3.8, 4) is 11.5 Å². The summed E-state index contributed by atoms with van der Waals surface area (Å²) in [5.74, 6) is -0.509. The predicted molar refractivity (Wildman–Crippen MR) is 111 cm³/mol. The number of rotatable bonds is 5. The lowest BCUT2D eigenvalue weighted by atomic mass is 9.88. The minimum absolute atomic E-state index is 0.194. The van der Waals surface area contributed by atoms with E-state index in [2.05, 4.69) is 5.32 Å². The largest absolute Gasteiger partial charge is 0.457 e. The number of carbonyl (C=O) groups excluding carboxylic acids is 3. The number of esters is 1. The highest BCUT2D eigenvalue weighted by Gasteiger charge is 2.33. The van der Waals surface area contributed by atoms with Crippen LogP contribution in [0.5, 0.6) is 11.5 Å². The monoisotopic (exact) mass is 401 g/mol. The molecule has 1 aliphatic heterocycles. The summed E-state index contributed by atoms with van der Waals surface area (Å²) in [5, 5.41) is 2.64. The van der Waals surface area contributed by atoms with Crippen LogP contribution in [0.4, 0.5) is 5.69 Å². The molecule has 0 spiro atoms. The molecule has 0 unspecified atom stereocenters. The van der Waals surface area contributed by atoms with Gasteiger partial charge < -0.3 is 14.8 Å². The summed E-state index contributed by atoms with van der Waals surface area (Å²) in [6, 6.07) is 21.0. The van der Waals surface area contributed by atoms with Gasteiger partial charge >= 0.3 is 5.97 Å². The number of hydrogen-bond donors (Lipinski definition) is 1. The molecule has 150 valence electrons. The number of hydrogen-bond acceptors (Lipinski definition) is 5. The molecule has 6 heteroatoms. The molecule has 0 atom stereocenters. The third-order valence-electron chi connectivity index (χ3n) is 4.79. The molecule has 0 saturated carbocycles. The molecule has 0 fully saturated rings. The van der Waals surface area contributed by atoms with Crippen LogP contribution in [0.15, 0.2) is 72.8 Å². The van der Waals surface area contributed by atoms with Gasteiger partial charge in [0.1, 0.15) is 17.4 Å². The van der Waals surface area contributed by atoms with E-state index in [0.717, 1.165) is 0 Å². The lowest BCUT2D eigenvalue weighted by Gasteiger charge is -2.26. The third kappa shape index (κ3) is 3.93. The number of ether oxygens (including phenoxy) is 2. The van der Waals surface area contributed by atoms with Crippen LogP contribution in [0.2, 0.25) is 0 Å². The SMILES string of the molecule is CC(=O)Nc1ccc(C(=O)COC(=O)C2c3ccccc3Oc3ccccc32)cc1. The topological polar surface area (TPSA) is 81.7 Å². The van der Waals surface area contributed by atoms with Gasteiger partial charge in [-0.3, -0.25) is 14.4 Å². The van der Waals surface area contributed by atoms with Gasteiger partial charge in [0.25, 0.3) is 0 Å². The van der Waals surface area contributed by atoms with E-state index in [1.165, 1.54) is 6.92 Å². The highest BCUT2D eigenvalue weighted by molar-refractivity contribution is 5.99. The van der Waals surface area contributed by atoms with Crippen LogP contribution >= 0.6 is 0 Å². The van der Waals surface area contributed by atoms with Crippen LogP contribution in [-0.2, 0) is 14.3 Å². The molecular formula is C24H19NO5. The van der Waals surface area contributed by atoms with E-state index in [0.29, 0.717) is 33.9 Å². The number of nitrogens with one attached hydrogen (secondary N) is 1. The lowest BCUT2D eigenvalue weighted by molar-refractivity contribution is -0.143. The summed E-state index contributed by atoms with van der Waals surface area (Å²) >= 11 is 0. The maximum atomic E-state index is 13.0. The summed E-state index contributed by atoms with van der Waals surface area (Å²) in [6.45, 7) is 1.03. The Morgan fingerprint density at radius 1 is 0.867 bits per heavy atom. The van der Waals surface area contributed by atoms with E-state index >= 15 is 0 Å². The van der Waals surface area contributed by atoms with Crippen molar-refractivity contribution in [2.75, 3.05) is 11.9 Å². The van der Waals surface area contributed by atoms with Crippen molar-refractivity contribution in [2.45, 2.75) is 12.8 Å². The number of benzene rings is 3. The summed E-state index contributed by atoms with van der Waals surface area (Å²) < 4.78 is 11.3. The van der Waals surface area contributed by atoms with Gasteiger partial charge in [0.2, 0.25) is 5.91 Å². The average molecular weight is 401 g/mol. The smallest absolute Gasteiger partial charge is 0.318 e. The Morgan fingerprint density at radius 3 is 2.00 bits per heavy atom. The maximum Gasteiger partial charge on any atom is 0.318 e. The van der Waals surface area contributed by atoms with Gasteiger partial charge in [0, 0.05) is 29.3 Å². The van der Waals surface area contributed by atoms with E-state index in [1.807, 2.05) is 36.4 Å². The van der Waals surface area contributed by atoms with Crippen LogP contribution in [0.1, 0.15) is 34.3 Å². The fourth-order valence-electron chi connectivity index (χ4n) is 3.41. The van der Waals surface area contributed by atoms with Crippen molar-refractivity contribution in [2.24, 2.45) is 0 Å². The molecule has 0 radical (unpaired) electrons. The number of fused-ring (bicyclic) bond motifs is 2. The van der Waals surface area contributed by atoms with Crippen molar-refractivity contribution >= 4 is 23.3 Å². The van der Waals surface area contributed by atoms with Gasteiger partial charge in [-0.05, 0) is 36.4 Å². The number of para-hydroxylation sites is 2. The van der Waals surface area contributed by atoms with Crippen molar-refractivity contribution in [3.05, 3.63) is 89.5 Å². The summed E-state index contributed by atoms with van der Waals surface area (Å²) in [4.78, 5) is 36.5. The molecule has 1 aliphatic rings. The van der Waals surface area contributed by atoms with Gasteiger partial charge in [-0.1, -0.05) is 36.4 Å². The van der Waals surface area contributed by atoms with Crippen molar-refractivity contribution < 1.29 is 23.9 Å². The summed E-state index contributed by atoms with van der Waals surface area (Å²) in [6.07, 6.45) is 0. The second-order valence-electron chi connectivity index (χ2n) is 6.90. The van der Waals surface area contributed by atoms with E-state index in [4.69, 9.17) is 9.47 Å². The fourth-order valence-corrected chi connectivity index (χ4v) is 3.41. The average Bonchev–Trinajstić information content (AvgIpc) is 2.75. The van der Waals surface area contributed by atoms with E-state index in [1.54, 1.807) is 36.4 Å². The Labute approximate surface area is 173 Å². The minimum Gasteiger partial charge on any atom is -0.457 e. The zero-order valence-corrected chi connectivity index (χ0v) is 16.3. The van der Waals surface area contributed by atoms with Crippen LogP contribution in [0, 0.1) is 0 Å². The molecule has 30 heavy (non-hydrogen) atoms. The Kier molecular flexibility index (Phi) is 5.30. The Hall–Kier alpha value is -3.93. The normalized spacial score (nSPS) is 12.2. The molecule has 0 aliphatic carbocycles. The number of amides is 1. The molecule has 4 rings (SSSR count). The number of anilines is 1. The molecule has 6 nitrogen and oxygen atoms in total. The van der Waals surface area contributed by atoms with Crippen molar-refractivity contribution in [1.29, 1.82) is 0 Å². The molecule has 1 amide bonds. The van der Waals surface area contributed by atoms with E-state index in [9.17, 15) is 14.4 Å². The highest BCUT2D eigenvalue weighted by atomic mass is 16.5. The molecule has 3 aromatic carbocycles. The van der Waals surface area contributed by atoms with E-state index in [-0.39, 0.29) is 18.3 Å². The standard InChI is InChI=1S/C24H19NO5/c1-15(26)25-17-12-10-16(11-13-17)20(27)14-29-24(28)23-18-6-2-4-8-21(18)30-22-9-5-3-7-19(22)23/h2-13,23H,14H2,1H3,(H,25,26). The molecule has 1 heterocycles. The van der Waals surface area contributed by atoms with Crippen molar-refractivity contribution in [1.82, 2.24) is 0 Å². The zero-order valence-electron chi connectivity index (χ0n) is 16.3. The van der Waals surface area contributed by atoms with Gasteiger partial charge in [-0.15, -0.1) is 0 Å². The quantitative estimate of drug-likeness (QED) is 0.509. The molecule has 0 aromatic heterocycles. The first-order chi connectivity index (χ1) is 14.5. The van der Waals surface area contributed by atoms with Crippen LogP contribution < -0.4 is 10.1 Å². The summed E-state index contributed by atoms with van der Waals surface area (Å²) in [5.41, 5.74) is 2.39. The van der Waals surface area contributed by atoms with Crippen LogP contribution in [-0.4, -0.2) is 24.3 Å². The van der Waals surface area contributed by atoms with Gasteiger partial charge in [0.15, 0.2) is 12.4 Å². The van der Waals surface area contributed by atoms with Crippen LogP contribution in [0.3, 0.4) is 0 Å². The highest BCUT2D eigenvalue weighted by Crippen LogP contribution is 2.44. The second-order valence-corrected chi connectivity index (χ2v) is 6.90. The van der Waals surface area contributed by atoms with Gasteiger partial charge in [0.05, 0.1) is 0 Å². The predicted octanol–water partition coefficient (Wildman–Crippen LogP) is 4.31. The second kappa shape index (κ2) is 8.21. The third-order valence-corrected chi connectivity index (χ3v) is 4.79. The first-order valence-electron chi connectivity index (χ1n) is 9.46. The Morgan fingerprint density at radius 2 is 1.43 bits per heavy atom. The van der Waals surface area contributed by atoms with Gasteiger partial charge in [-0.2, -0.15) is 0 Å². The van der Waals surface area contributed by atoms with Crippen LogP contribution in [0.25, 0.3) is 0 Å². The molecule has 0 bridgehead atoms. The molecular weight excluding hydrogens is 382 g/mol. The maximum absolute atomic E-state index is 13.0. The van der Waals surface area contributed by atoms with Gasteiger partial charge in [-0.25, -0.2) is 0 Å². The zero-order chi connectivity index (χ0) is 21.1. The Bertz CT molecular complexity index is 1070. The first kappa shape index (κ1) is 19.4. The van der Waals surface area contributed by atoms with Crippen molar-refractivity contribution in [3.63, 3.8) is 0 Å². The lowest BCUT2D eigenvalue weighted by Crippen LogP contribution is -2.23. The number of ketones is 1. The molecule has 1 N–H and O–H groups in total. The number of Topliss-reactive ketones (excluding diaryl/α,β-unsaturated/α-hetero) is 1. The summed E-state index contributed by atoms with van der Waals surface area (Å²) in [7, 11) is 0. The molecule has 0 saturated heterocycles. The molecule has 3 aromatic rings.